The van der Waals surface area contributed by atoms with Crippen LogP contribution in [0.5, 0.6) is 0 Å². The second-order valence-corrected chi connectivity index (χ2v) is 9.52. The number of aryl methyl sites for hydroxylation is 1. The molecule has 1 saturated heterocycles. The summed E-state index contributed by atoms with van der Waals surface area (Å²) in [5.74, 6) is 0.787. The summed E-state index contributed by atoms with van der Waals surface area (Å²) in [4.78, 5) is 32.2. The minimum absolute atomic E-state index is 0.612. The lowest BCUT2D eigenvalue weighted by atomic mass is 10.1. The lowest BCUT2D eigenvalue weighted by Crippen LogP contribution is -2.34. The molecule has 0 amide bonds. The van der Waals surface area contributed by atoms with Crippen LogP contribution < -0.4 is 5.32 Å². The molecule has 0 bridgehead atoms. The molecule has 1 aromatic carbocycles. The first-order valence-corrected chi connectivity index (χ1v) is 13.1. The van der Waals surface area contributed by atoms with Gasteiger partial charge in [-0.2, -0.15) is 0 Å². The van der Waals surface area contributed by atoms with Crippen LogP contribution in [0.25, 0.3) is 11.2 Å². The molecule has 0 saturated carbocycles. The van der Waals surface area contributed by atoms with Crippen LogP contribution in [0.4, 0.5) is 5.82 Å². The molecule has 0 radical (unpaired) electrons. The number of nitrogens with zero attached hydrogens (tertiary/aromatic N) is 3. The number of hydrogen-bond donors (Lipinski definition) is 7. The highest BCUT2D eigenvalue weighted by Gasteiger charge is 2.42. The minimum Gasteiger partial charge on any atom is -0.387 e. The Morgan fingerprint density at radius 2 is 1.78 bits per heavy atom. The Morgan fingerprint density at radius 3 is 2.42 bits per heavy atom. The molecule has 7 N–H and O–H groups in total. The van der Waals surface area contributed by atoms with E-state index in [0.29, 0.717) is 5.65 Å². The number of rotatable bonds is 10. The Labute approximate surface area is 207 Å². The van der Waals surface area contributed by atoms with Crippen molar-refractivity contribution in [2.75, 3.05) is 11.9 Å². The van der Waals surface area contributed by atoms with Gasteiger partial charge in [-0.05, 0) is 24.0 Å². The Morgan fingerprint density at radius 1 is 1.06 bits per heavy atom. The number of aromatic amines is 1. The molecule has 0 spiro atoms. The van der Waals surface area contributed by atoms with Crippen LogP contribution in [-0.4, -0.2) is 76.3 Å². The third-order valence-electron chi connectivity index (χ3n) is 5.52. The molecule has 4 atom stereocenters. The van der Waals surface area contributed by atoms with Crippen LogP contribution in [0.2, 0.25) is 0 Å². The molecular formula is C22H32N5O8P. The Bertz CT molecular complexity index is 1130. The van der Waals surface area contributed by atoms with E-state index in [1.165, 1.54) is 43.1 Å². The molecule has 13 nitrogen and oxygen atoms in total. The third kappa shape index (κ3) is 8.29. The van der Waals surface area contributed by atoms with Gasteiger partial charge in [-0.1, -0.05) is 44.0 Å². The molecule has 4 rings (SSSR count). The van der Waals surface area contributed by atoms with Crippen LogP contribution in [0, 0.1) is 0 Å². The Kier molecular flexibility index (Phi) is 10.3. The summed E-state index contributed by atoms with van der Waals surface area (Å²) in [5, 5.41) is 30.4. The first-order chi connectivity index (χ1) is 17.2. The van der Waals surface area contributed by atoms with E-state index in [9.17, 15) is 4.57 Å². The van der Waals surface area contributed by atoms with Crippen LogP contribution in [0.1, 0.15) is 37.3 Å². The number of phosphoric acid groups is 1. The van der Waals surface area contributed by atoms with Crippen molar-refractivity contribution in [2.45, 2.75) is 63.8 Å². The highest BCUT2D eigenvalue weighted by atomic mass is 31.2. The highest BCUT2D eigenvalue weighted by Crippen LogP contribution is 2.37. The number of unbranched alkanes of at least 4 members (excludes halogenated alkanes) is 2. The van der Waals surface area contributed by atoms with Crippen LogP contribution in [0.15, 0.2) is 36.9 Å². The summed E-state index contributed by atoms with van der Waals surface area (Å²) in [7, 11) is -4.64. The SMILES string of the molecule is CCCCCc1ccc(CNc2ncnc3nc[nH]c23)cc1.O=P(O)(O)OC[C@H]1OC(O)[C@H](O)[C@@H]1O. The smallest absolute Gasteiger partial charge is 0.387 e. The van der Waals surface area contributed by atoms with Crippen molar-refractivity contribution in [3.05, 3.63) is 48.0 Å². The van der Waals surface area contributed by atoms with Crippen molar-refractivity contribution in [2.24, 2.45) is 0 Å². The van der Waals surface area contributed by atoms with Gasteiger partial charge in [0.25, 0.3) is 0 Å². The molecule has 1 aliphatic heterocycles. The zero-order chi connectivity index (χ0) is 26.1. The van der Waals surface area contributed by atoms with E-state index in [4.69, 9.17) is 25.1 Å². The lowest BCUT2D eigenvalue weighted by Gasteiger charge is -2.14. The maximum absolute atomic E-state index is 10.3. The van der Waals surface area contributed by atoms with Gasteiger partial charge >= 0.3 is 7.82 Å². The van der Waals surface area contributed by atoms with Crippen LogP contribution in [0.3, 0.4) is 0 Å². The topological polar surface area (TPSA) is 203 Å². The number of ether oxygens (including phenoxy) is 1. The van der Waals surface area contributed by atoms with Crippen molar-refractivity contribution in [3.63, 3.8) is 0 Å². The predicted octanol–water partition coefficient (Wildman–Crippen LogP) is 1.23. The number of phosphoric ester groups is 1. The first kappa shape index (κ1) is 28.1. The van der Waals surface area contributed by atoms with Crippen molar-refractivity contribution < 1.29 is 38.9 Å². The van der Waals surface area contributed by atoms with Gasteiger partial charge in [0.1, 0.15) is 30.2 Å². The molecule has 1 unspecified atom stereocenters. The van der Waals surface area contributed by atoms with Crippen molar-refractivity contribution in [3.8, 4) is 0 Å². The largest absolute Gasteiger partial charge is 0.469 e. The zero-order valence-corrected chi connectivity index (χ0v) is 20.7. The molecular weight excluding hydrogens is 493 g/mol. The summed E-state index contributed by atoms with van der Waals surface area (Å²) < 4.78 is 18.9. The van der Waals surface area contributed by atoms with Crippen molar-refractivity contribution in [1.82, 2.24) is 19.9 Å². The number of nitrogens with one attached hydrogen (secondary N) is 2. The molecule has 1 aliphatic rings. The Balaban J connectivity index is 0.000000223. The summed E-state index contributed by atoms with van der Waals surface area (Å²) in [5.41, 5.74) is 4.18. The first-order valence-electron chi connectivity index (χ1n) is 11.5. The molecule has 36 heavy (non-hydrogen) atoms. The normalized spacial score (nSPS) is 21.8. The molecule has 198 valence electrons. The van der Waals surface area contributed by atoms with E-state index in [1.54, 1.807) is 6.33 Å². The zero-order valence-electron chi connectivity index (χ0n) is 19.8. The standard InChI is InChI=1S/C17H21N5.C5H11O8P/c1-2-3-4-5-13-6-8-14(9-7-13)10-18-16-15-17(20-11-19-15)22-12-21-16;6-3-2(1-12-14(9,10)11)13-5(8)4(3)7/h6-9,11-12H,2-5,10H2,1H3,(H2,18,19,20,21,22);2-8H,1H2,(H2,9,10,11)/t;2-,3-,4-,5?/m.1/s1. The second kappa shape index (κ2) is 13.2. The van der Waals surface area contributed by atoms with Gasteiger partial charge in [0.15, 0.2) is 17.8 Å². The van der Waals surface area contributed by atoms with E-state index < -0.39 is 39.0 Å². The molecule has 3 heterocycles. The number of H-pyrrole nitrogens is 1. The van der Waals surface area contributed by atoms with Gasteiger partial charge in [-0.15, -0.1) is 0 Å². The maximum Gasteiger partial charge on any atom is 0.469 e. The van der Waals surface area contributed by atoms with Crippen molar-refractivity contribution in [1.29, 1.82) is 0 Å². The van der Waals surface area contributed by atoms with Crippen LogP contribution >= 0.6 is 7.82 Å². The number of aliphatic hydroxyl groups is 3. The van der Waals surface area contributed by atoms with Gasteiger partial charge in [-0.3, -0.25) is 4.52 Å². The molecule has 1 fully saturated rings. The summed E-state index contributed by atoms with van der Waals surface area (Å²) in [6.07, 6.45) is 2.51. The summed E-state index contributed by atoms with van der Waals surface area (Å²) >= 11 is 0. The van der Waals surface area contributed by atoms with Crippen molar-refractivity contribution >= 4 is 24.8 Å². The number of fused-ring (bicyclic) bond motifs is 1. The average Bonchev–Trinajstić information content (AvgIpc) is 3.43. The number of aromatic nitrogens is 4. The fourth-order valence-corrected chi connectivity index (χ4v) is 3.87. The number of benzene rings is 1. The van der Waals surface area contributed by atoms with E-state index in [2.05, 4.69) is 65.7 Å². The third-order valence-corrected chi connectivity index (χ3v) is 6.00. The summed E-state index contributed by atoms with van der Waals surface area (Å²) in [6, 6.07) is 8.80. The number of imidazole rings is 1. The fourth-order valence-electron chi connectivity index (χ4n) is 3.52. The van der Waals surface area contributed by atoms with Gasteiger partial charge < -0.3 is 40.1 Å². The van der Waals surface area contributed by atoms with E-state index in [-0.39, 0.29) is 0 Å². The monoisotopic (exact) mass is 525 g/mol. The molecule has 2 aromatic heterocycles. The van der Waals surface area contributed by atoms with E-state index >= 15 is 0 Å². The average molecular weight is 525 g/mol. The van der Waals surface area contributed by atoms with E-state index in [1.807, 2.05) is 0 Å². The van der Waals surface area contributed by atoms with Gasteiger partial charge in [-0.25, -0.2) is 19.5 Å². The number of anilines is 1. The van der Waals surface area contributed by atoms with Gasteiger partial charge in [0.2, 0.25) is 0 Å². The number of aliphatic hydroxyl groups excluding tert-OH is 3. The quantitative estimate of drug-likeness (QED) is 0.148. The molecule has 3 aromatic rings. The van der Waals surface area contributed by atoms with Crippen LogP contribution in [-0.2, 0) is 26.8 Å². The Hall–Kier alpha value is -2.48. The molecule has 14 heteroatoms. The summed E-state index contributed by atoms with van der Waals surface area (Å²) in [6.45, 7) is 2.36. The lowest BCUT2D eigenvalue weighted by molar-refractivity contribution is -0.132. The minimum atomic E-state index is -4.64. The predicted molar refractivity (Wildman–Crippen MR) is 130 cm³/mol. The van der Waals surface area contributed by atoms with E-state index in [0.717, 1.165) is 17.9 Å². The highest BCUT2D eigenvalue weighted by molar-refractivity contribution is 7.46. The number of hydrogen-bond acceptors (Lipinski definition) is 10. The van der Waals surface area contributed by atoms with Gasteiger partial charge in [0, 0.05) is 6.54 Å². The molecule has 0 aliphatic carbocycles. The fraction of sp³-hybridized carbons (Fsp3) is 0.500. The second-order valence-electron chi connectivity index (χ2n) is 8.28. The maximum atomic E-state index is 10.3. The van der Waals surface area contributed by atoms with Gasteiger partial charge in [0.05, 0.1) is 12.9 Å².